The van der Waals surface area contributed by atoms with Crippen molar-refractivity contribution in [1.82, 2.24) is 20.4 Å². The number of piperidine rings is 1. The summed E-state index contributed by atoms with van der Waals surface area (Å²) in [5.41, 5.74) is 2.91. The van der Waals surface area contributed by atoms with Gasteiger partial charge >= 0.3 is 0 Å². The van der Waals surface area contributed by atoms with Crippen LogP contribution in [0.5, 0.6) is 0 Å². The van der Waals surface area contributed by atoms with Gasteiger partial charge in [0.1, 0.15) is 5.82 Å². The molecule has 1 aliphatic rings. The van der Waals surface area contributed by atoms with E-state index in [-0.39, 0.29) is 29.5 Å². The molecule has 1 aromatic heterocycles. The zero-order valence-electron chi connectivity index (χ0n) is 15.4. The van der Waals surface area contributed by atoms with E-state index in [2.05, 4.69) is 22.7 Å². The number of benzene rings is 1. The van der Waals surface area contributed by atoms with Crippen LogP contribution in [0.15, 0.2) is 24.3 Å². The third-order valence-corrected chi connectivity index (χ3v) is 5.08. The molecule has 2 heterocycles. The highest BCUT2D eigenvalue weighted by atomic mass is 35.5. The van der Waals surface area contributed by atoms with Crippen molar-refractivity contribution in [1.29, 1.82) is 0 Å². The van der Waals surface area contributed by atoms with Crippen molar-refractivity contribution in [2.45, 2.75) is 33.6 Å². The Kier molecular flexibility index (Phi) is 6.42. The lowest BCUT2D eigenvalue weighted by Gasteiger charge is -2.34. The average molecular weight is 381 g/mol. The van der Waals surface area contributed by atoms with Crippen LogP contribution in [0, 0.1) is 25.1 Å². The molecule has 3 rings (SSSR count). The number of aryl methyl sites for hydroxylation is 1. The summed E-state index contributed by atoms with van der Waals surface area (Å²) in [6, 6.07) is 6.10. The van der Waals surface area contributed by atoms with Crippen LogP contribution in [-0.2, 0) is 0 Å². The first-order valence-electron chi connectivity index (χ1n) is 8.71. The number of amides is 1. The minimum Gasteiger partial charge on any atom is -0.351 e. The SMILES string of the molecule is Cc1nn(-c2ccc(F)cc2)c(C)c1C(=O)NCC1(C)CCNCC1.Cl. The van der Waals surface area contributed by atoms with Crippen molar-refractivity contribution in [2.24, 2.45) is 5.41 Å². The van der Waals surface area contributed by atoms with Gasteiger partial charge in [0.25, 0.3) is 5.91 Å². The van der Waals surface area contributed by atoms with Crippen LogP contribution < -0.4 is 10.6 Å². The second-order valence-electron chi connectivity index (χ2n) is 7.18. The fraction of sp³-hybridized carbons (Fsp3) is 0.474. The van der Waals surface area contributed by atoms with Gasteiger partial charge in [0.15, 0.2) is 0 Å². The molecule has 1 saturated heterocycles. The summed E-state index contributed by atoms with van der Waals surface area (Å²) in [4.78, 5) is 12.7. The monoisotopic (exact) mass is 380 g/mol. The Hall–Kier alpha value is -1.92. The molecule has 1 aromatic carbocycles. The van der Waals surface area contributed by atoms with Crippen molar-refractivity contribution in [3.8, 4) is 5.69 Å². The molecule has 2 aromatic rings. The van der Waals surface area contributed by atoms with Gasteiger partial charge in [-0.15, -0.1) is 12.4 Å². The Bertz CT molecular complexity index is 767. The minimum atomic E-state index is -0.293. The van der Waals surface area contributed by atoms with Crippen LogP contribution in [0.3, 0.4) is 0 Å². The lowest BCUT2D eigenvalue weighted by molar-refractivity contribution is 0.0921. The predicted molar refractivity (Wildman–Crippen MR) is 103 cm³/mol. The highest BCUT2D eigenvalue weighted by Crippen LogP contribution is 2.27. The van der Waals surface area contributed by atoms with Gasteiger partial charge in [-0.2, -0.15) is 5.10 Å². The molecule has 7 heteroatoms. The first-order valence-corrected chi connectivity index (χ1v) is 8.71. The highest BCUT2D eigenvalue weighted by Gasteiger charge is 2.28. The zero-order chi connectivity index (χ0) is 18.0. The molecule has 0 unspecified atom stereocenters. The van der Waals surface area contributed by atoms with Crippen LogP contribution >= 0.6 is 12.4 Å². The van der Waals surface area contributed by atoms with Gasteiger partial charge in [-0.3, -0.25) is 4.79 Å². The number of nitrogens with zero attached hydrogens (tertiary/aromatic N) is 2. The first-order chi connectivity index (χ1) is 11.9. The zero-order valence-corrected chi connectivity index (χ0v) is 16.3. The summed E-state index contributed by atoms with van der Waals surface area (Å²) in [6.07, 6.45) is 2.11. The summed E-state index contributed by atoms with van der Waals surface area (Å²) < 4.78 is 14.8. The molecule has 0 aliphatic carbocycles. The topological polar surface area (TPSA) is 59.0 Å². The number of carbonyl (C=O) groups excluding carboxylic acids is 1. The lowest BCUT2D eigenvalue weighted by Crippen LogP contribution is -2.43. The normalized spacial score (nSPS) is 16.0. The summed E-state index contributed by atoms with van der Waals surface area (Å²) in [6.45, 7) is 8.56. The fourth-order valence-electron chi connectivity index (χ4n) is 3.39. The molecule has 5 nitrogen and oxygen atoms in total. The highest BCUT2D eigenvalue weighted by molar-refractivity contribution is 5.96. The molecular weight excluding hydrogens is 355 g/mol. The third-order valence-electron chi connectivity index (χ3n) is 5.08. The van der Waals surface area contributed by atoms with Crippen LogP contribution in [0.4, 0.5) is 4.39 Å². The Morgan fingerprint density at radius 3 is 2.50 bits per heavy atom. The van der Waals surface area contributed by atoms with Gasteiger partial charge in [0, 0.05) is 6.54 Å². The van der Waals surface area contributed by atoms with E-state index in [4.69, 9.17) is 0 Å². The average Bonchev–Trinajstić information content (AvgIpc) is 2.89. The van der Waals surface area contributed by atoms with Crippen molar-refractivity contribution in [3.05, 3.63) is 47.0 Å². The van der Waals surface area contributed by atoms with Crippen LogP contribution in [0.1, 0.15) is 41.5 Å². The van der Waals surface area contributed by atoms with E-state index in [1.807, 2.05) is 13.8 Å². The number of nitrogens with one attached hydrogen (secondary N) is 2. The molecule has 0 spiro atoms. The second-order valence-corrected chi connectivity index (χ2v) is 7.18. The predicted octanol–water partition coefficient (Wildman–Crippen LogP) is 3.17. The van der Waals surface area contributed by atoms with Crippen LogP contribution in [0.25, 0.3) is 5.69 Å². The Labute approximate surface area is 159 Å². The van der Waals surface area contributed by atoms with E-state index in [0.29, 0.717) is 17.8 Å². The Morgan fingerprint density at radius 2 is 1.88 bits per heavy atom. The maximum absolute atomic E-state index is 13.1. The number of carbonyl (C=O) groups is 1. The van der Waals surface area contributed by atoms with Crippen LogP contribution in [0.2, 0.25) is 0 Å². The van der Waals surface area contributed by atoms with Gasteiger partial charge in [-0.05, 0) is 69.5 Å². The summed E-state index contributed by atoms with van der Waals surface area (Å²) in [5.74, 6) is -0.387. The lowest BCUT2D eigenvalue weighted by atomic mass is 9.81. The van der Waals surface area contributed by atoms with Gasteiger partial charge < -0.3 is 10.6 Å². The van der Waals surface area contributed by atoms with Crippen LogP contribution in [-0.4, -0.2) is 35.3 Å². The maximum Gasteiger partial charge on any atom is 0.255 e. The summed E-state index contributed by atoms with van der Waals surface area (Å²) >= 11 is 0. The van der Waals surface area contributed by atoms with E-state index < -0.39 is 0 Å². The van der Waals surface area contributed by atoms with Gasteiger partial charge in [-0.25, -0.2) is 9.07 Å². The van der Waals surface area contributed by atoms with E-state index >= 15 is 0 Å². The quantitative estimate of drug-likeness (QED) is 0.856. The molecule has 0 saturated carbocycles. The summed E-state index contributed by atoms with van der Waals surface area (Å²) in [7, 11) is 0. The molecule has 142 valence electrons. The smallest absolute Gasteiger partial charge is 0.255 e. The third kappa shape index (κ3) is 4.24. The largest absolute Gasteiger partial charge is 0.351 e. The standard InChI is InChI=1S/C19H25FN4O.ClH/c1-13-17(18(25)22-12-19(3)8-10-21-11-9-19)14(2)24(23-13)16-6-4-15(20)5-7-16;/h4-7,21H,8-12H2,1-3H3,(H,22,25);1H. The maximum atomic E-state index is 13.1. The Morgan fingerprint density at radius 1 is 1.27 bits per heavy atom. The molecule has 0 radical (unpaired) electrons. The van der Waals surface area contributed by atoms with Gasteiger partial charge in [-0.1, -0.05) is 6.92 Å². The molecule has 26 heavy (non-hydrogen) atoms. The number of hydrogen-bond acceptors (Lipinski definition) is 3. The molecule has 0 bridgehead atoms. The second kappa shape index (κ2) is 8.18. The minimum absolute atomic E-state index is 0. The molecule has 2 N–H and O–H groups in total. The first kappa shape index (κ1) is 20.4. The van der Waals surface area contributed by atoms with Crippen molar-refractivity contribution in [2.75, 3.05) is 19.6 Å². The van der Waals surface area contributed by atoms with E-state index in [1.54, 1.807) is 16.8 Å². The summed E-state index contributed by atoms with van der Waals surface area (Å²) in [5, 5.41) is 10.9. The van der Waals surface area contributed by atoms with Crippen molar-refractivity contribution >= 4 is 18.3 Å². The van der Waals surface area contributed by atoms with E-state index in [9.17, 15) is 9.18 Å². The molecule has 0 atom stereocenters. The number of halogens is 2. The van der Waals surface area contributed by atoms with Crippen molar-refractivity contribution < 1.29 is 9.18 Å². The fourth-order valence-corrected chi connectivity index (χ4v) is 3.39. The number of aromatic nitrogens is 2. The van der Waals surface area contributed by atoms with Gasteiger partial charge in [0.05, 0.1) is 22.6 Å². The molecule has 1 fully saturated rings. The molecular formula is C19H26ClFN4O. The number of rotatable bonds is 4. The van der Waals surface area contributed by atoms with E-state index in [0.717, 1.165) is 37.3 Å². The molecule has 1 amide bonds. The number of hydrogen-bond donors (Lipinski definition) is 2. The van der Waals surface area contributed by atoms with Gasteiger partial charge in [0.2, 0.25) is 0 Å². The van der Waals surface area contributed by atoms with E-state index in [1.165, 1.54) is 12.1 Å². The van der Waals surface area contributed by atoms with Crippen molar-refractivity contribution in [3.63, 3.8) is 0 Å². The molecule has 1 aliphatic heterocycles. The Balaban J connectivity index is 0.00000243.